The Morgan fingerprint density at radius 3 is 2.91 bits per heavy atom. The number of carbonyl (C=O) groups excluding carboxylic acids is 2. The van der Waals surface area contributed by atoms with Crippen molar-refractivity contribution in [3.05, 3.63) is 48.3 Å². The first-order valence-electron chi connectivity index (χ1n) is 7.34. The Kier molecular flexibility index (Phi) is 4.18. The number of hydrogen-bond acceptors (Lipinski definition) is 3. The van der Waals surface area contributed by atoms with Gasteiger partial charge in [0.15, 0.2) is 0 Å². The summed E-state index contributed by atoms with van der Waals surface area (Å²) in [6.07, 6.45) is 4.24. The zero-order chi connectivity index (χ0) is 15.4. The van der Waals surface area contributed by atoms with Crippen molar-refractivity contribution in [1.29, 1.82) is 0 Å². The molecule has 1 saturated heterocycles. The molecule has 2 heterocycles. The Balaban J connectivity index is 1.53. The van der Waals surface area contributed by atoms with E-state index in [2.05, 4.69) is 15.5 Å². The van der Waals surface area contributed by atoms with E-state index in [1.54, 1.807) is 17.3 Å². The lowest BCUT2D eigenvalue weighted by molar-refractivity contribution is -0.128. The van der Waals surface area contributed by atoms with Crippen molar-refractivity contribution in [3.8, 4) is 0 Å². The summed E-state index contributed by atoms with van der Waals surface area (Å²) in [5.74, 6) is -0.376. The van der Waals surface area contributed by atoms with Crippen LogP contribution in [0.25, 0.3) is 0 Å². The van der Waals surface area contributed by atoms with Crippen molar-refractivity contribution < 1.29 is 9.59 Å². The molecule has 1 aromatic heterocycles. The molecule has 6 nitrogen and oxygen atoms in total. The largest absolute Gasteiger partial charge is 0.342 e. The lowest BCUT2D eigenvalue weighted by Gasteiger charge is -2.16. The van der Waals surface area contributed by atoms with E-state index in [-0.39, 0.29) is 24.2 Å². The normalized spacial score (nSPS) is 17.7. The number of rotatable bonds is 5. The first-order valence-corrected chi connectivity index (χ1v) is 7.34. The van der Waals surface area contributed by atoms with Crippen LogP contribution in [0.1, 0.15) is 12.0 Å². The van der Waals surface area contributed by atoms with Gasteiger partial charge in [-0.15, -0.1) is 0 Å². The van der Waals surface area contributed by atoms with E-state index in [1.807, 2.05) is 30.3 Å². The molecule has 2 N–H and O–H groups in total. The number of nitrogens with zero attached hydrogens (tertiary/aromatic N) is 2. The minimum absolute atomic E-state index is 0.0447. The van der Waals surface area contributed by atoms with Crippen LogP contribution in [0.3, 0.4) is 0 Å². The second kappa shape index (κ2) is 6.43. The number of aromatic amines is 1. The van der Waals surface area contributed by atoms with Gasteiger partial charge in [0.1, 0.15) is 0 Å². The van der Waals surface area contributed by atoms with Gasteiger partial charge in [-0.2, -0.15) is 5.10 Å². The number of likely N-dealkylation sites (tertiary alicyclic amines) is 1. The van der Waals surface area contributed by atoms with E-state index in [1.165, 1.54) is 5.56 Å². The summed E-state index contributed by atoms with van der Waals surface area (Å²) in [6, 6.07) is 10.0. The van der Waals surface area contributed by atoms with Gasteiger partial charge in [0, 0.05) is 25.7 Å². The predicted octanol–water partition coefficient (Wildman–Crippen LogP) is 1.44. The predicted molar refractivity (Wildman–Crippen MR) is 82.1 cm³/mol. The number of benzene rings is 1. The molecule has 1 atom stereocenters. The molecule has 1 aliphatic heterocycles. The van der Waals surface area contributed by atoms with Crippen molar-refractivity contribution in [1.82, 2.24) is 15.1 Å². The van der Waals surface area contributed by atoms with Crippen LogP contribution < -0.4 is 5.32 Å². The van der Waals surface area contributed by atoms with Crippen molar-refractivity contribution >= 4 is 17.5 Å². The van der Waals surface area contributed by atoms with Crippen LogP contribution in [0.2, 0.25) is 0 Å². The molecular formula is C16H18N4O2. The number of hydrogen-bond donors (Lipinski definition) is 2. The third-order valence-electron chi connectivity index (χ3n) is 3.86. The molecule has 1 aliphatic rings. The Morgan fingerprint density at radius 2 is 2.18 bits per heavy atom. The number of nitrogens with one attached hydrogen (secondary N) is 2. The van der Waals surface area contributed by atoms with E-state index in [9.17, 15) is 9.59 Å². The molecular weight excluding hydrogens is 280 g/mol. The number of aromatic nitrogens is 2. The molecule has 0 saturated carbocycles. The van der Waals surface area contributed by atoms with Crippen LogP contribution in [0.5, 0.6) is 0 Å². The minimum Gasteiger partial charge on any atom is -0.342 e. The maximum atomic E-state index is 12.1. The standard InChI is InChI=1S/C16H18N4O2/c21-15-8-13(16(22)19-14-9-17-18-10-14)11-20(15)7-6-12-4-2-1-3-5-12/h1-5,9-10,13H,6-8,11H2,(H,17,18)(H,19,22). The van der Waals surface area contributed by atoms with Crippen LogP contribution in [-0.4, -0.2) is 40.0 Å². The molecule has 2 amide bonds. The SMILES string of the molecule is O=C(Nc1cn[nH]c1)C1CC(=O)N(CCc2ccccc2)C1. The molecule has 0 spiro atoms. The van der Waals surface area contributed by atoms with Crippen molar-refractivity contribution in [3.63, 3.8) is 0 Å². The molecule has 0 radical (unpaired) electrons. The first kappa shape index (κ1) is 14.3. The monoisotopic (exact) mass is 298 g/mol. The molecule has 3 rings (SSSR count). The topological polar surface area (TPSA) is 78.1 Å². The second-order valence-corrected chi connectivity index (χ2v) is 5.45. The molecule has 0 aliphatic carbocycles. The maximum Gasteiger partial charge on any atom is 0.229 e. The molecule has 2 aromatic rings. The van der Waals surface area contributed by atoms with Crippen molar-refractivity contribution in [2.45, 2.75) is 12.8 Å². The van der Waals surface area contributed by atoms with Crippen LogP contribution in [-0.2, 0) is 16.0 Å². The maximum absolute atomic E-state index is 12.1. The van der Waals surface area contributed by atoms with Gasteiger partial charge in [0.25, 0.3) is 0 Å². The van der Waals surface area contributed by atoms with Gasteiger partial charge in [-0.3, -0.25) is 14.7 Å². The Morgan fingerprint density at radius 1 is 1.36 bits per heavy atom. The quantitative estimate of drug-likeness (QED) is 0.876. The molecule has 6 heteroatoms. The zero-order valence-electron chi connectivity index (χ0n) is 12.2. The van der Waals surface area contributed by atoms with E-state index < -0.39 is 0 Å². The number of anilines is 1. The van der Waals surface area contributed by atoms with Gasteiger partial charge in [0.05, 0.1) is 17.8 Å². The van der Waals surface area contributed by atoms with Gasteiger partial charge in [-0.05, 0) is 12.0 Å². The van der Waals surface area contributed by atoms with E-state index in [0.717, 1.165) is 6.42 Å². The van der Waals surface area contributed by atoms with Crippen LogP contribution in [0.4, 0.5) is 5.69 Å². The zero-order valence-corrected chi connectivity index (χ0v) is 12.2. The number of carbonyl (C=O) groups is 2. The van der Waals surface area contributed by atoms with Gasteiger partial charge >= 0.3 is 0 Å². The van der Waals surface area contributed by atoms with Gasteiger partial charge in [-0.1, -0.05) is 30.3 Å². The fourth-order valence-corrected chi connectivity index (χ4v) is 2.64. The third kappa shape index (κ3) is 3.33. The van der Waals surface area contributed by atoms with E-state index in [4.69, 9.17) is 0 Å². The van der Waals surface area contributed by atoms with Crippen molar-refractivity contribution in [2.24, 2.45) is 5.92 Å². The molecule has 114 valence electrons. The summed E-state index contributed by atoms with van der Waals surface area (Å²) < 4.78 is 0. The lowest BCUT2D eigenvalue weighted by atomic mass is 10.1. The fourth-order valence-electron chi connectivity index (χ4n) is 2.64. The number of amides is 2. The van der Waals surface area contributed by atoms with E-state index in [0.29, 0.717) is 18.8 Å². The van der Waals surface area contributed by atoms with Crippen LogP contribution in [0, 0.1) is 5.92 Å². The minimum atomic E-state index is -0.293. The average molecular weight is 298 g/mol. The fraction of sp³-hybridized carbons (Fsp3) is 0.312. The smallest absolute Gasteiger partial charge is 0.229 e. The lowest BCUT2D eigenvalue weighted by Crippen LogP contribution is -2.29. The van der Waals surface area contributed by atoms with Crippen LogP contribution in [0.15, 0.2) is 42.7 Å². The summed E-state index contributed by atoms with van der Waals surface area (Å²) in [5.41, 5.74) is 1.82. The van der Waals surface area contributed by atoms with Gasteiger partial charge in [0.2, 0.25) is 11.8 Å². The van der Waals surface area contributed by atoms with Crippen molar-refractivity contribution in [2.75, 3.05) is 18.4 Å². The summed E-state index contributed by atoms with van der Waals surface area (Å²) >= 11 is 0. The highest BCUT2D eigenvalue weighted by Gasteiger charge is 2.34. The summed E-state index contributed by atoms with van der Waals surface area (Å²) in [4.78, 5) is 26.0. The highest BCUT2D eigenvalue weighted by Crippen LogP contribution is 2.20. The third-order valence-corrected chi connectivity index (χ3v) is 3.86. The first-order chi connectivity index (χ1) is 10.7. The van der Waals surface area contributed by atoms with Gasteiger partial charge < -0.3 is 10.2 Å². The number of H-pyrrole nitrogens is 1. The Labute approximate surface area is 128 Å². The summed E-state index contributed by atoms with van der Waals surface area (Å²) in [6.45, 7) is 1.13. The molecule has 22 heavy (non-hydrogen) atoms. The highest BCUT2D eigenvalue weighted by atomic mass is 16.2. The molecule has 1 unspecified atom stereocenters. The highest BCUT2D eigenvalue weighted by molar-refractivity contribution is 5.97. The molecule has 1 aromatic carbocycles. The summed E-state index contributed by atoms with van der Waals surface area (Å²) in [5, 5.41) is 9.18. The summed E-state index contributed by atoms with van der Waals surface area (Å²) in [7, 11) is 0. The Bertz CT molecular complexity index is 639. The molecule has 0 bridgehead atoms. The Hall–Kier alpha value is -2.63. The average Bonchev–Trinajstić information content (AvgIpc) is 3.16. The van der Waals surface area contributed by atoms with E-state index >= 15 is 0 Å². The van der Waals surface area contributed by atoms with Gasteiger partial charge in [-0.25, -0.2) is 0 Å². The second-order valence-electron chi connectivity index (χ2n) is 5.45. The van der Waals surface area contributed by atoms with Crippen LogP contribution >= 0.6 is 0 Å². The molecule has 1 fully saturated rings.